The van der Waals surface area contributed by atoms with Crippen LogP contribution >= 0.6 is 0 Å². The van der Waals surface area contributed by atoms with Crippen LogP contribution in [0, 0.1) is 6.92 Å². The quantitative estimate of drug-likeness (QED) is 0.561. The van der Waals surface area contributed by atoms with Crippen molar-refractivity contribution >= 4 is 11.5 Å². The number of allylic oxidation sites excluding steroid dienone is 5. The van der Waals surface area contributed by atoms with E-state index in [1.54, 1.807) is 18.2 Å². The van der Waals surface area contributed by atoms with Crippen molar-refractivity contribution in [1.29, 1.82) is 0 Å². The third kappa shape index (κ3) is 4.33. The van der Waals surface area contributed by atoms with E-state index in [4.69, 9.17) is 0 Å². The van der Waals surface area contributed by atoms with Crippen molar-refractivity contribution < 1.29 is 5.11 Å². The number of nitrogens with zero attached hydrogens (tertiary/aromatic N) is 3. The molecule has 1 aromatic carbocycles. The Morgan fingerprint density at radius 1 is 1.30 bits per heavy atom. The van der Waals surface area contributed by atoms with Gasteiger partial charge < -0.3 is 10.4 Å². The molecule has 3 N–H and O–H groups in total. The van der Waals surface area contributed by atoms with E-state index in [-0.39, 0.29) is 11.3 Å². The zero-order valence-corrected chi connectivity index (χ0v) is 15.0. The number of nitrogens with one attached hydrogen (secondary N) is 2. The Morgan fingerprint density at radius 2 is 2.15 bits per heavy atom. The molecular weight excluding hydrogens is 342 g/mol. The predicted octanol–water partition coefficient (Wildman–Crippen LogP) is 2.88. The summed E-state index contributed by atoms with van der Waals surface area (Å²) in [5.41, 5.74) is 1.89. The van der Waals surface area contributed by atoms with Crippen LogP contribution < -0.4 is 10.9 Å². The molecule has 0 aliphatic heterocycles. The van der Waals surface area contributed by atoms with E-state index in [9.17, 15) is 9.90 Å². The van der Waals surface area contributed by atoms with E-state index < -0.39 is 0 Å². The third-order valence-electron chi connectivity index (χ3n) is 4.00. The maximum Gasteiger partial charge on any atom is 0.274 e. The number of hydrogen-bond acceptors (Lipinski definition) is 5. The number of anilines is 1. The average molecular weight is 363 g/mol. The maximum atomic E-state index is 12.3. The van der Waals surface area contributed by atoms with Gasteiger partial charge in [-0.05, 0) is 19.1 Å². The van der Waals surface area contributed by atoms with Crippen molar-refractivity contribution in [3.8, 4) is 5.75 Å². The summed E-state index contributed by atoms with van der Waals surface area (Å²) < 4.78 is 1.33. The second-order valence-corrected chi connectivity index (χ2v) is 5.95. The SMILES string of the molecule is C=C/C=C\C=C/Cc1nc2nc(CNc3cccc(O)c3C)cc(=O)n2[nH]1. The van der Waals surface area contributed by atoms with Gasteiger partial charge in [-0.15, -0.1) is 0 Å². The number of H-pyrrole nitrogens is 1. The number of hydrogen-bond donors (Lipinski definition) is 3. The molecule has 0 fully saturated rings. The lowest BCUT2D eigenvalue weighted by Crippen LogP contribution is -2.17. The van der Waals surface area contributed by atoms with Gasteiger partial charge in [0.05, 0.1) is 12.2 Å². The monoisotopic (exact) mass is 363 g/mol. The first-order chi connectivity index (χ1) is 13.1. The number of aromatic hydroxyl groups is 1. The van der Waals surface area contributed by atoms with Crippen LogP contribution in [-0.2, 0) is 13.0 Å². The molecule has 3 aromatic rings. The number of phenolic OH excluding ortho intramolecular Hbond substituents is 1. The van der Waals surface area contributed by atoms with Crippen LogP contribution in [-0.4, -0.2) is 24.7 Å². The Hall–Kier alpha value is -3.61. The minimum Gasteiger partial charge on any atom is -0.508 e. The lowest BCUT2D eigenvalue weighted by molar-refractivity contribution is 0.471. The second-order valence-electron chi connectivity index (χ2n) is 5.95. The van der Waals surface area contributed by atoms with E-state index in [0.29, 0.717) is 30.3 Å². The maximum absolute atomic E-state index is 12.3. The third-order valence-corrected chi connectivity index (χ3v) is 4.00. The highest BCUT2D eigenvalue weighted by atomic mass is 16.3. The van der Waals surface area contributed by atoms with Gasteiger partial charge in [-0.3, -0.25) is 9.89 Å². The molecule has 0 atom stereocenters. The summed E-state index contributed by atoms with van der Waals surface area (Å²) in [6.45, 7) is 5.78. The largest absolute Gasteiger partial charge is 0.508 e. The van der Waals surface area contributed by atoms with Gasteiger partial charge in [0.1, 0.15) is 11.6 Å². The fourth-order valence-corrected chi connectivity index (χ4v) is 2.55. The van der Waals surface area contributed by atoms with E-state index in [0.717, 1.165) is 11.3 Å². The molecule has 0 saturated carbocycles. The molecule has 0 saturated heterocycles. The molecule has 0 spiro atoms. The van der Waals surface area contributed by atoms with E-state index >= 15 is 0 Å². The summed E-state index contributed by atoms with van der Waals surface area (Å²) in [5.74, 6) is 1.20. The van der Waals surface area contributed by atoms with E-state index in [2.05, 4.69) is 27.0 Å². The Morgan fingerprint density at radius 3 is 2.96 bits per heavy atom. The number of aromatic nitrogens is 4. The molecule has 0 radical (unpaired) electrons. The molecule has 2 heterocycles. The Bertz CT molecular complexity index is 1080. The Labute approximate surface area is 156 Å². The summed E-state index contributed by atoms with van der Waals surface area (Å²) in [4.78, 5) is 21.1. The lowest BCUT2D eigenvalue weighted by Gasteiger charge is -2.10. The molecule has 138 valence electrons. The minimum atomic E-state index is -0.223. The highest BCUT2D eigenvalue weighted by molar-refractivity contribution is 5.56. The highest BCUT2D eigenvalue weighted by Gasteiger charge is 2.08. The Kier molecular flexibility index (Phi) is 5.51. The number of rotatable bonds is 7. The molecule has 27 heavy (non-hydrogen) atoms. The fourth-order valence-electron chi connectivity index (χ4n) is 2.55. The van der Waals surface area contributed by atoms with Crippen molar-refractivity contribution in [2.45, 2.75) is 19.9 Å². The lowest BCUT2D eigenvalue weighted by atomic mass is 10.2. The van der Waals surface area contributed by atoms with Crippen LogP contribution in [0.1, 0.15) is 17.1 Å². The molecular formula is C20H21N5O2. The molecule has 7 nitrogen and oxygen atoms in total. The topological polar surface area (TPSA) is 95.3 Å². The Balaban J connectivity index is 1.76. The van der Waals surface area contributed by atoms with Crippen LogP contribution in [0.5, 0.6) is 5.75 Å². The van der Waals surface area contributed by atoms with Crippen LogP contribution in [0.25, 0.3) is 5.78 Å². The van der Waals surface area contributed by atoms with Gasteiger partial charge in [-0.2, -0.15) is 9.50 Å². The molecule has 2 aromatic heterocycles. The highest BCUT2D eigenvalue weighted by Crippen LogP contribution is 2.24. The number of benzene rings is 1. The van der Waals surface area contributed by atoms with Crippen LogP contribution in [0.3, 0.4) is 0 Å². The molecule has 0 aliphatic carbocycles. The molecule has 7 heteroatoms. The fraction of sp³-hybridized carbons (Fsp3) is 0.150. The number of aromatic amines is 1. The van der Waals surface area contributed by atoms with Gasteiger partial charge in [-0.1, -0.05) is 43.0 Å². The number of phenols is 1. The summed E-state index contributed by atoms with van der Waals surface area (Å²) in [7, 11) is 0. The summed E-state index contributed by atoms with van der Waals surface area (Å²) in [6, 6.07) is 6.71. The van der Waals surface area contributed by atoms with Gasteiger partial charge in [-0.25, -0.2) is 4.98 Å². The summed E-state index contributed by atoms with van der Waals surface area (Å²) in [6.07, 6.45) is 9.76. The zero-order valence-electron chi connectivity index (χ0n) is 15.0. The first-order valence-electron chi connectivity index (χ1n) is 8.52. The first-order valence-corrected chi connectivity index (χ1v) is 8.52. The van der Waals surface area contributed by atoms with E-state index in [1.807, 2.05) is 37.3 Å². The van der Waals surface area contributed by atoms with Crippen LogP contribution in [0.4, 0.5) is 5.69 Å². The molecule has 0 aliphatic rings. The van der Waals surface area contributed by atoms with Crippen LogP contribution in [0.2, 0.25) is 0 Å². The normalized spacial score (nSPS) is 11.6. The van der Waals surface area contributed by atoms with Gasteiger partial charge in [0.2, 0.25) is 0 Å². The predicted molar refractivity (Wildman–Crippen MR) is 106 cm³/mol. The molecule has 0 bridgehead atoms. The smallest absolute Gasteiger partial charge is 0.274 e. The van der Waals surface area contributed by atoms with Gasteiger partial charge in [0, 0.05) is 23.7 Å². The standard InChI is InChI=1S/C20H21N5O2/c1-3-4-5-6-7-11-18-23-20-22-15(12-19(27)25(20)24-18)13-21-16-9-8-10-17(26)14(16)2/h3-10,12,21,26H,1,11,13H2,2H3,(H,22,23,24)/b5-4-,7-6-. The van der Waals surface area contributed by atoms with Crippen molar-refractivity contribution in [2.75, 3.05) is 5.32 Å². The molecule has 3 rings (SSSR count). The minimum absolute atomic E-state index is 0.219. The van der Waals surface area contributed by atoms with Crippen LogP contribution in [0.15, 0.2) is 66.0 Å². The number of fused-ring (bicyclic) bond motifs is 1. The van der Waals surface area contributed by atoms with Crippen molar-refractivity contribution in [3.63, 3.8) is 0 Å². The second kappa shape index (κ2) is 8.18. The van der Waals surface area contributed by atoms with Crippen molar-refractivity contribution in [1.82, 2.24) is 19.6 Å². The first kappa shape index (κ1) is 18.2. The summed E-state index contributed by atoms with van der Waals surface area (Å²) >= 11 is 0. The van der Waals surface area contributed by atoms with Gasteiger partial charge in [0.15, 0.2) is 0 Å². The molecule has 0 amide bonds. The average Bonchev–Trinajstić information content (AvgIpc) is 3.06. The van der Waals surface area contributed by atoms with E-state index in [1.165, 1.54) is 10.6 Å². The van der Waals surface area contributed by atoms with Gasteiger partial charge >= 0.3 is 0 Å². The van der Waals surface area contributed by atoms with Crippen molar-refractivity contribution in [2.24, 2.45) is 0 Å². The summed E-state index contributed by atoms with van der Waals surface area (Å²) in [5, 5.41) is 15.9. The molecule has 0 unspecified atom stereocenters. The van der Waals surface area contributed by atoms with Crippen molar-refractivity contribution in [3.05, 3.63) is 88.7 Å². The zero-order chi connectivity index (χ0) is 19.2. The van der Waals surface area contributed by atoms with Gasteiger partial charge in [0.25, 0.3) is 11.3 Å².